The van der Waals surface area contributed by atoms with E-state index in [0.717, 1.165) is 24.2 Å². The normalized spacial score (nSPS) is 31.1. The number of hydrogen-bond donors (Lipinski definition) is 0. The average molecular weight is 268 g/mol. The van der Waals surface area contributed by atoms with Crippen LogP contribution >= 0.6 is 0 Å². The van der Waals surface area contributed by atoms with Gasteiger partial charge < -0.3 is 4.74 Å². The van der Waals surface area contributed by atoms with Crippen LogP contribution < -0.4 is 4.74 Å². The average Bonchev–Trinajstić information content (AvgIpc) is 2.97. The van der Waals surface area contributed by atoms with Crippen LogP contribution in [0, 0.1) is 11.8 Å². The number of carbonyl (C=O) groups is 1. The number of hydrogen-bond acceptors (Lipinski definition) is 2. The zero-order valence-corrected chi connectivity index (χ0v) is 11.9. The Bertz CT molecular complexity index is 599. The molecule has 3 aliphatic carbocycles. The summed E-state index contributed by atoms with van der Waals surface area (Å²) >= 11 is 0. The van der Waals surface area contributed by atoms with E-state index in [1.54, 1.807) is 7.11 Å². The lowest BCUT2D eigenvalue weighted by molar-refractivity contribution is -0.118. The number of benzene rings is 1. The van der Waals surface area contributed by atoms with E-state index >= 15 is 0 Å². The van der Waals surface area contributed by atoms with Gasteiger partial charge in [-0.2, -0.15) is 0 Å². The molecular formula is C18H20O2. The number of ketones is 1. The largest absolute Gasteiger partial charge is 0.497 e. The number of fused-ring (bicyclic) bond motifs is 5. The number of allylic oxidation sites excluding steroid dienone is 2. The first-order valence-electron chi connectivity index (χ1n) is 7.68. The molecule has 0 saturated heterocycles. The first-order valence-corrected chi connectivity index (χ1v) is 7.68. The second-order valence-electron chi connectivity index (χ2n) is 6.34. The van der Waals surface area contributed by atoms with Crippen LogP contribution in [0.5, 0.6) is 5.75 Å². The van der Waals surface area contributed by atoms with Gasteiger partial charge in [-0.15, -0.1) is 0 Å². The molecule has 2 nitrogen and oxygen atoms in total. The molecule has 0 heterocycles. The quantitative estimate of drug-likeness (QED) is 0.777. The fourth-order valence-electron chi connectivity index (χ4n) is 4.59. The lowest BCUT2D eigenvalue weighted by atomic mass is 9.62. The summed E-state index contributed by atoms with van der Waals surface area (Å²) in [4.78, 5) is 12.4. The number of methoxy groups -OCH3 is 1. The van der Waals surface area contributed by atoms with Crippen molar-refractivity contribution < 1.29 is 9.53 Å². The van der Waals surface area contributed by atoms with Crippen LogP contribution in [-0.4, -0.2) is 12.9 Å². The van der Waals surface area contributed by atoms with E-state index in [1.807, 2.05) is 6.07 Å². The Morgan fingerprint density at radius 1 is 1.20 bits per heavy atom. The number of Topliss-reactive ketones (excluding diaryl/α,β-unsaturated/α-hetero) is 1. The zero-order valence-electron chi connectivity index (χ0n) is 11.9. The van der Waals surface area contributed by atoms with Crippen LogP contribution in [0.25, 0.3) is 0 Å². The fraction of sp³-hybridized carbons (Fsp3) is 0.500. The Balaban J connectivity index is 1.74. The second-order valence-corrected chi connectivity index (χ2v) is 6.34. The predicted molar refractivity (Wildman–Crippen MR) is 78.0 cm³/mol. The summed E-state index contributed by atoms with van der Waals surface area (Å²) in [5, 5.41) is 0. The molecule has 1 aromatic rings. The van der Waals surface area contributed by atoms with Gasteiger partial charge in [0.25, 0.3) is 0 Å². The highest BCUT2D eigenvalue weighted by Gasteiger charge is 2.44. The summed E-state index contributed by atoms with van der Waals surface area (Å²) in [6.45, 7) is 0. The Labute approximate surface area is 119 Å². The van der Waals surface area contributed by atoms with Crippen molar-refractivity contribution in [1.82, 2.24) is 0 Å². The van der Waals surface area contributed by atoms with Gasteiger partial charge in [0.15, 0.2) is 5.78 Å². The van der Waals surface area contributed by atoms with Crippen LogP contribution in [0.1, 0.15) is 42.7 Å². The molecule has 4 rings (SSSR count). The Hall–Kier alpha value is -1.57. The van der Waals surface area contributed by atoms with E-state index in [-0.39, 0.29) is 0 Å². The lowest BCUT2D eigenvalue weighted by Crippen LogP contribution is -2.35. The van der Waals surface area contributed by atoms with E-state index < -0.39 is 0 Å². The van der Waals surface area contributed by atoms with Crippen molar-refractivity contribution in [3.63, 3.8) is 0 Å². The standard InChI is InChI=1S/C18H20O2/c1-20-12-6-8-13-11(9-12)5-7-15-14-3-2-4-16(14)18(19)10-17(13)15/h4,6,8-9,14-15,17H,2-3,5,7,10H2,1H3/t14-,15+,17-/m1/s1. The SMILES string of the molecule is COc1ccc2c(c1)CC[C@@H]1[C@@H]2CC(=O)C2=CCC[C@@H]21. The van der Waals surface area contributed by atoms with Gasteiger partial charge in [-0.25, -0.2) is 0 Å². The minimum absolute atomic E-state index is 0.400. The summed E-state index contributed by atoms with van der Waals surface area (Å²) in [5.41, 5.74) is 3.95. The molecule has 1 aromatic carbocycles. The van der Waals surface area contributed by atoms with Crippen molar-refractivity contribution in [3.8, 4) is 5.75 Å². The first kappa shape index (κ1) is 12.2. The molecule has 0 aliphatic heterocycles. The van der Waals surface area contributed by atoms with Gasteiger partial charge >= 0.3 is 0 Å². The zero-order chi connectivity index (χ0) is 13.7. The van der Waals surface area contributed by atoms with Crippen LogP contribution in [0.4, 0.5) is 0 Å². The van der Waals surface area contributed by atoms with E-state index in [4.69, 9.17) is 4.74 Å². The third-order valence-electron chi connectivity index (χ3n) is 5.50. The summed E-state index contributed by atoms with van der Waals surface area (Å²) < 4.78 is 5.33. The third kappa shape index (κ3) is 1.67. The number of carbonyl (C=O) groups excluding carboxylic acids is 1. The fourth-order valence-corrected chi connectivity index (χ4v) is 4.59. The van der Waals surface area contributed by atoms with E-state index in [1.165, 1.54) is 24.0 Å². The third-order valence-corrected chi connectivity index (χ3v) is 5.50. The molecule has 0 radical (unpaired) electrons. The number of ether oxygens (including phenoxy) is 1. The molecule has 1 saturated carbocycles. The van der Waals surface area contributed by atoms with Crippen molar-refractivity contribution in [2.24, 2.45) is 11.8 Å². The maximum Gasteiger partial charge on any atom is 0.159 e. The minimum atomic E-state index is 0.400. The van der Waals surface area contributed by atoms with Crippen LogP contribution in [0.3, 0.4) is 0 Å². The van der Waals surface area contributed by atoms with Crippen LogP contribution in [-0.2, 0) is 11.2 Å². The molecule has 0 amide bonds. The van der Waals surface area contributed by atoms with E-state index in [2.05, 4.69) is 18.2 Å². The van der Waals surface area contributed by atoms with Gasteiger partial charge in [-0.05, 0) is 72.3 Å². The summed E-state index contributed by atoms with van der Waals surface area (Å²) in [5.74, 6) is 3.00. The Kier molecular flexibility index (Phi) is 2.73. The lowest BCUT2D eigenvalue weighted by Gasteiger charge is -2.41. The van der Waals surface area contributed by atoms with Crippen LogP contribution in [0.15, 0.2) is 29.8 Å². The van der Waals surface area contributed by atoms with Gasteiger partial charge in [0, 0.05) is 6.42 Å². The molecule has 3 atom stereocenters. The molecule has 0 N–H and O–H groups in total. The summed E-state index contributed by atoms with van der Waals surface area (Å²) in [7, 11) is 1.72. The van der Waals surface area contributed by atoms with Crippen molar-refractivity contribution in [2.45, 2.75) is 38.0 Å². The molecule has 2 heteroatoms. The topological polar surface area (TPSA) is 26.3 Å². The smallest absolute Gasteiger partial charge is 0.159 e. The molecule has 20 heavy (non-hydrogen) atoms. The van der Waals surface area contributed by atoms with E-state index in [0.29, 0.717) is 30.0 Å². The van der Waals surface area contributed by atoms with Gasteiger partial charge in [0.2, 0.25) is 0 Å². The highest BCUT2D eigenvalue weighted by molar-refractivity contribution is 5.98. The molecule has 104 valence electrons. The van der Waals surface area contributed by atoms with Crippen molar-refractivity contribution in [2.75, 3.05) is 7.11 Å². The maximum atomic E-state index is 12.4. The summed E-state index contributed by atoms with van der Waals surface area (Å²) in [6, 6.07) is 6.41. The predicted octanol–water partition coefficient (Wildman–Crippen LogP) is 3.65. The van der Waals surface area contributed by atoms with Gasteiger partial charge in [-0.3, -0.25) is 4.79 Å². The maximum absolute atomic E-state index is 12.4. The van der Waals surface area contributed by atoms with Crippen molar-refractivity contribution >= 4 is 5.78 Å². The molecule has 0 bridgehead atoms. The van der Waals surface area contributed by atoms with Gasteiger partial charge in [-0.1, -0.05) is 12.1 Å². The Morgan fingerprint density at radius 3 is 2.95 bits per heavy atom. The number of rotatable bonds is 1. The highest BCUT2D eigenvalue weighted by Crippen LogP contribution is 2.52. The molecule has 1 fully saturated rings. The molecular weight excluding hydrogens is 248 g/mol. The highest BCUT2D eigenvalue weighted by atomic mass is 16.5. The molecule has 0 unspecified atom stereocenters. The van der Waals surface area contributed by atoms with Crippen molar-refractivity contribution in [1.29, 1.82) is 0 Å². The molecule has 0 spiro atoms. The second kappa shape index (κ2) is 4.47. The first-order chi connectivity index (χ1) is 9.78. The monoisotopic (exact) mass is 268 g/mol. The van der Waals surface area contributed by atoms with Gasteiger partial charge in [0.1, 0.15) is 5.75 Å². The molecule has 0 aromatic heterocycles. The van der Waals surface area contributed by atoms with Crippen molar-refractivity contribution in [3.05, 3.63) is 41.0 Å². The summed E-state index contributed by atoms with van der Waals surface area (Å²) in [6.07, 6.45) is 7.56. The number of aryl methyl sites for hydroxylation is 1. The van der Waals surface area contributed by atoms with Gasteiger partial charge in [0.05, 0.1) is 7.11 Å². The molecule has 3 aliphatic rings. The Morgan fingerprint density at radius 2 is 2.10 bits per heavy atom. The minimum Gasteiger partial charge on any atom is -0.497 e. The van der Waals surface area contributed by atoms with E-state index in [9.17, 15) is 4.79 Å². The van der Waals surface area contributed by atoms with Crippen LogP contribution in [0.2, 0.25) is 0 Å².